The van der Waals surface area contributed by atoms with Crippen LogP contribution in [0.15, 0.2) is 24.3 Å². The number of fused-ring (bicyclic) bond motifs is 1. The molecule has 0 saturated carbocycles. The van der Waals surface area contributed by atoms with E-state index in [0.29, 0.717) is 6.42 Å². The summed E-state index contributed by atoms with van der Waals surface area (Å²) < 4.78 is 0. The number of carbonyl (C=O) groups excluding carboxylic acids is 2. The van der Waals surface area contributed by atoms with E-state index in [1.807, 2.05) is 0 Å². The molecule has 1 N–H and O–H groups in total. The molecule has 1 aliphatic heterocycles. The third-order valence-electron chi connectivity index (χ3n) is 2.17. The number of rotatable bonds is 2. The van der Waals surface area contributed by atoms with Crippen LogP contribution in [-0.4, -0.2) is 11.9 Å². The number of nitrogens with one attached hydrogen (secondary N) is 1. The number of hydrogen-bond donors (Lipinski definition) is 1. The monoisotopic (exact) mass is 202 g/mol. The van der Waals surface area contributed by atoms with Crippen LogP contribution in [0, 0.1) is 0 Å². The Kier molecular flexibility index (Phi) is 2.25. The lowest BCUT2D eigenvalue weighted by Crippen LogP contribution is -2.18. The van der Waals surface area contributed by atoms with Crippen LogP contribution in [0.4, 0.5) is 5.69 Å². The molecule has 0 saturated heterocycles. The van der Waals surface area contributed by atoms with E-state index >= 15 is 0 Å². The number of amides is 1. The Labute approximate surface area is 86.2 Å². The first-order chi connectivity index (χ1) is 7.15. The van der Waals surface area contributed by atoms with Gasteiger partial charge >= 0.3 is 0 Å². The molecule has 0 unspecified atom stereocenters. The number of benzene rings is 1. The van der Waals surface area contributed by atoms with Gasteiger partial charge in [-0.15, -0.1) is 0 Å². The lowest BCUT2D eigenvalue weighted by atomic mass is 10.1. The summed E-state index contributed by atoms with van der Waals surface area (Å²) in [7, 11) is 0. The van der Waals surface area contributed by atoms with Crippen LogP contribution in [0.1, 0.15) is 11.1 Å². The number of anilines is 1. The molecule has 0 radical (unpaired) electrons. The summed E-state index contributed by atoms with van der Waals surface area (Å²) in [5.74, 6) is -1.27. The lowest BCUT2D eigenvalue weighted by molar-refractivity contribution is -0.297. The Morgan fingerprint density at radius 1 is 1.47 bits per heavy atom. The van der Waals surface area contributed by atoms with Gasteiger partial charge in [-0.05, 0) is 29.3 Å². The summed E-state index contributed by atoms with van der Waals surface area (Å²) in [6.07, 6.45) is 2.76. The third kappa shape index (κ3) is 2.04. The van der Waals surface area contributed by atoms with Crippen molar-refractivity contribution >= 4 is 23.6 Å². The predicted octanol–water partition coefficient (Wildman–Crippen LogP) is -0.0557. The average Bonchev–Trinajstić information content (AvgIpc) is 2.53. The van der Waals surface area contributed by atoms with Crippen molar-refractivity contribution in [3.05, 3.63) is 35.4 Å². The van der Waals surface area contributed by atoms with Crippen molar-refractivity contribution in [1.29, 1.82) is 0 Å². The smallest absolute Gasteiger partial charge is 0.228 e. The third-order valence-corrected chi connectivity index (χ3v) is 2.17. The van der Waals surface area contributed by atoms with Gasteiger partial charge in [-0.2, -0.15) is 0 Å². The zero-order valence-electron chi connectivity index (χ0n) is 7.82. The Hall–Kier alpha value is -2.10. The largest absolute Gasteiger partial charge is 0.545 e. The number of aliphatic carboxylic acids is 1. The van der Waals surface area contributed by atoms with Crippen LogP contribution in [0.2, 0.25) is 0 Å². The molecule has 0 bridgehead atoms. The van der Waals surface area contributed by atoms with Gasteiger partial charge in [0, 0.05) is 5.69 Å². The molecule has 0 fully saturated rings. The van der Waals surface area contributed by atoms with Gasteiger partial charge in [-0.3, -0.25) is 4.79 Å². The summed E-state index contributed by atoms with van der Waals surface area (Å²) >= 11 is 0. The Morgan fingerprint density at radius 3 is 3.00 bits per heavy atom. The maximum absolute atomic E-state index is 11.0. The maximum atomic E-state index is 11.0. The molecule has 15 heavy (non-hydrogen) atoms. The number of hydrogen-bond acceptors (Lipinski definition) is 3. The van der Waals surface area contributed by atoms with Crippen molar-refractivity contribution in [2.45, 2.75) is 6.42 Å². The minimum Gasteiger partial charge on any atom is -0.545 e. The summed E-state index contributed by atoms with van der Waals surface area (Å²) in [5.41, 5.74) is 2.43. The molecule has 1 aromatic carbocycles. The standard InChI is InChI=1S/C11H9NO3/c13-10-6-8-5-7(2-4-11(14)15)1-3-9(8)12-10/h1-5H,6H2,(H,12,13)(H,14,15)/p-1/b4-2+. The fraction of sp³-hybridized carbons (Fsp3) is 0.0909. The van der Waals surface area contributed by atoms with Gasteiger partial charge in [0.15, 0.2) is 0 Å². The molecule has 1 heterocycles. The topological polar surface area (TPSA) is 69.2 Å². The predicted molar refractivity (Wildman–Crippen MR) is 52.8 cm³/mol. The van der Waals surface area contributed by atoms with E-state index in [9.17, 15) is 14.7 Å². The van der Waals surface area contributed by atoms with Gasteiger partial charge in [-0.25, -0.2) is 0 Å². The molecule has 1 aromatic rings. The molecular formula is C11H8NO3-. The van der Waals surface area contributed by atoms with Crippen molar-refractivity contribution < 1.29 is 14.7 Å². The highest BCUT2D eigenvalue weighted by Crippen LogP contribution is 2.24. The van der Waals surface area contributed by atoms with Crippen LogP contribution in [0.3, 0.4) is 0 Å². The fourth-order valence-corrected chi connectivity index (χ4v) is 1.52. The van der Waals surface area contributed by atoms with E-state index in [4.69, 9.17) is 0 Å². The van der Waals surface area contributed by atoms with Crippen molar-refractivity contribution in [2.24, 2.45) is 0 Å². The van der Waals surface area contributed by atoms with Crippen LogP contribution >= 0.6 is 0 Å². The van der Waals surface area contributed by atoms with Crippen molar-refractivity contribution in [2.75, 3.05) is 5.32 Å². The molecule has 1 amide bonds. The maximum Gasteiger partial charge on any atom is 0.228 e. The zero-order chi connectivity index (χ0) is 10.8. The van der Waals surface area contributed by atoms with Crippen LogP contribution < -0.4 is 10.4 Å². The minimum absolute atomic E-state index is 0.0361. The zero-order valence-corrected chi connectivity index (χ0v) is 7.82. The van der Waals surface area contributed by atoms with Crippen molar-refractivity contribution in [1.82, 2.24) is 0 Å². The molecule has 4 nitrogen and oxygen atoms in total. The average molecular weight is 202 g/mol. The fourth-order valence-electron chi connectivity index (χ4n) is 1.52. The number of carboxylic acids is 1. The molecular weight excluding hydrogens is 194 g/mol. The number of carboxylic acid groups (broad SMARTS) is 1. The molecule has 0 aromatic heterocycles. The van der Waals surface area contributed by atoms with E-state index in [-0.39, 0.29) is 5.91 Å². The van der Waals surface area contributed by atoms with E-state index in [0.717, 1.165) is 22.9 Å². The van der Waals surface area contributed by atoms with Crippen LogP contribution in [0.25, 0.3) is 6.08 Å². The second-order valence-corrected chi connectivity index (χ2v) is 3.29. The first-order valence-electron chi connectivity index (χ1n) is 4.47. The summed E-state index contributed by atoms with van der Waals surface area (Å²) in [6, 6.07) is 5.28. The summed E-state index contributed by atoms with van der Waals surface area (Å²) in [6.45, 7) is 0. The van der Waals surface area contributed by atoms with Gasteiger partial charge in [0.25, 0.3) is 0 Å². The Morgan fingerprint density at radius 2 is 2.27 bits per heavy atom. The summed E-state index contributed by atoms with van der Waals surface area (Å²) in [4.78, 5) is 21.2. The molecule has 1 aliphatic rings. The second-order valence-electron chi connectivity index (χ2n) is 3.29. The molecule has 4 heteroatoms. The number of carbonyl (C=O) groups is 2. The molecule has 0 atom stereocenters. The highest BCUT2D eigenvalue weighted by atomic mass is 16.4. The van der Waals surface area contributed by atoms with Gasteiger partial charge in [0.05, 0.1) is 12.4 Å². The minimum atomic E-state index is -1.23. The Balaban J connectivity index is 2.27. The quantitative estimate of drug-likeness (QED) is 0.683. The molecule has 0 aliphatic carbocycles. The van der Waals surface area contributed by atoms with Gasteiger partial charge in [0.2, 0.25) is 5.91 Å². The van der Waals surface area contributed by atoms with E-state index in [1.165, 1.54) is 6.08 Å². The van der Waals surface area contributed by atoms with E-state index < -0.39 is 5.97 Å². The molecule has 76 valence electrons. The van der Waals surface area contributed by atoms with Gasteiger partial charge in [-0.1, -0.05) is 12.1 Å². The highest BCUT2D eigenvalue weighted by molar-refractivity contribution is 5.99. The van der Waals surface area contributed by atoms with E-state index in [2.05, 4.69) is 5.32 Å². The molecule has 0 spiro atoms. The first kappa shape index (κ1) is 9.45. The van der Waals surface area contributed by atoms with Crippen LogP contribution in [0.5, 0.6) is 0 Å². The second kappa shape index (κ2) is 3.57. The normalized spacial score (nSPS) is 14.0. The van der Waals surface area contributed by atoms with Gasteiger partial charge in [0.1, 0.15) is 0 Å². The van der Waals surface area contributed by atoms with E-state index in [1.54, 1.807) is 18.2 Å². The highest BCUT2D eigenvalue weighted by Gasteiger charge is 2.16. The Bertz CT molecular complexity index is 463. The van der Waals surface area contributed by atoms with Gasteiger partial charge < -0.3 is 15.2 Å². The van der Waals surface area contributed by atoms with Crippen LogP contribution in [-0.2, 0) is 16.0 Å². The first-order valence-corrected chi connectivity index (χ1v) is 4.47. The summed E-state index contributed by atoms with van der Waals surface area (Å²) in [5, 5.41) is 12.9. The van der Waals surface area contributed by atoms with Crippen molar-refractivity contribution in [3.8, 4) is 0 Å². The molecule has 2 rings (SSSR count). The van der Waals surface area contributed by atoms with Crippen molar-refractivity contribution in [3.63, 3.8) is 0 Å². The lowest BCUT2D eigenvalue weighted by Gasteiger charge is -1.99. The SMILES string of the molecule is O=C([O-])/C=C/c1ccc2c(c1)CC(=O)N2.